The first-order chi connectivity index (χ1) is 15.2. The quantitative estimate of drug-likeness (QED) is 0.384. The molecule has 4 aromatic rings. The summed E-state index contributed by atoms with van der Waals surface area (Å²) in [5.74, 6) is -0.434. The molecule has 2 aromatic carbocycles. The van der Waals surface area contributed by atoms with Crippen LogP contribution in [0.15, 0.2) is 71.5 Å². The molecular weight excluding hydrogens is 472 g/mol. The third-order valence-corrected chi connectivity index (χ3v) is 5.11. The Bertz CT molecular complexity index is 1290. The van der Waals surface area contributed by atoms with E-state index in [1.54, 1.807) is 51.4 Å². The summed E-state index contributed by atoms with van der Waals surface area (Å²) >= 11 is 3.44. The maximum Gasteiger partial charge on any atom is 0.435 e. The lowest BCUT2D eigenvalue weighted by Gasteiger charge is -2.19. The summed E-state index contributed by atoms with van der Waals surface area (Å²) in [7, 11) is 0. The number of hydrogen-bond donors (Lipinski definition) is 1. The highest BCUT2D eigenvalue weighted by Crippen LogP contribution is 2.28. The van der Waals surface area contributed by atoms with Crippen molar-refractivity contribution in [2.45, 2.75) is 26.4 Å². The predicted octanol–water partition coefficient (Wildman–Crippen LogP) is 5.90. The largest absolute Gasteiger partial charge is 0.442 e. The van der Waals surface area contributed by atoms with Crippen LogP contribution in [0.3, 0.4) is 0 Å². The lowest BCUT2D eigenvalue weighted by atomic mass is 10.0. The van der Waals surface area contributed by atoms with E-state index >= 15 is 0 Å². The third kappa shape index (κ3) is 4.70. The van der Waals surface area contributed by atoms with Crippen molar-refractivity contribution in [1.82, 2.24) is 14.8 Å². The van der Waals surface area contributed by atoms with Gasteiger partial charge < -0.3 is 10.1 Å². The monoisotopic (exact) mass is 492 g/mol. The minimum absolute atomic E-state index is 0.127. The van der Waals surface area contributed by atoms with E-state index in [1.165, 1.54) is 0 Å². The molecule has 0 saturated heterocycles. The summed E-state index contributed by atoms with van der Waals surface area (Å²) in [4.78, 5) is 29.8. The van der Waals surface area contributed by atoms with Gasteiger partial charge in [0.15, 0.2) is 5.69 Å². The van der Waals surface area contributed by atoms with E-state index in [2.05, 4.69) is 31.3 Å². The Morgan fingerprint density at radius 3 is 2.28 bits per heavy atom. The van der Waals surface area contributed by atoms with Crippen molar-refractivity contribution < 1.29 is 14.3 Å². The van der Waals surface area contributed by atoms with E-state index in [9.17, 15) is 9.59 Å². The summed E-state index contributed by atoms with van der Waals surface area (Å²) < 4.78 is 7.59. The van der Waals surface area contributed by atoms with Gasteiger partial charge in [0.2, 0.25) is 0 Å². The number of anilines is 1. The summed E-state index contributed by atoms with van der Waals surface area (Å²) in [6.45, 7) is 5.33. The number of pyridine rings is 1. The first-order valence-electron chi connectivity index (χ1n) is 9.95. The molecular formula is C24H21BrN4O3. The average Bonchev–Trinajstić information content (AvgIpc) is 3.13. The summed E-state index contributed by atoms with van der Waals surface area (Å²) in [6.07, 6.45) is 2.51. The molecule has 162 valence electrons. The van der Waals surface area contributed by atoms with E-state index in [1.807, 2.05) is 36.4 Å². The zero-order valence-electron chi connectivity index (χ0n) is 17.8. The van der Waals surface area contributed by atoms with Crippen LogP contribution in [0.2, 0.25) is 0 Å². The van der Waals surface area contributed by atoms with E-state index in [-0.39, 0.29) is 5.69 Å². The van der Waals surface area contributed by atoms with E-state index in [0.29, 0.717) is 16.6 Å². The normalized spacial score (nSPS) is 11.4. The zero-order chi connectivity index (χ0) is 22.9. The number of rotatable bonds is 3. The standard InChI is InChI=1S/C24H21BrN4O3/c1-24(2,3)32-23(31)29-20-9-6-16(15-4-7-17(25)8-5-15)14-19(20)21(28-29)22(30)27-18-10-12-26-13-11-18/h4-14H,1-3H3,(H,26,27,30). The number of halogens is 1. The van der Waals surface area contributed by atoms with Gasteiger partial charge in [0.05, 0.1) is 5.52 Å². The summed E-state index contributed by atoms with van der Waals surface area (Å²) in [5, 5.41) is 7.67. The van der Waals surface area contributed by atoms with E-state index < -0.39 is 17.6 Å². The highest BCUT2D eigenvalue weighted by molar-refractivity contribution is 9.10. The molecule has 0 fully saturated rings. The molecule has 2 heterocycles. The maximum absolute atomic E-state index is 13.1. The van der Waals surface area contributed by atoms with Crippen LogP contribution >= 0.6 is 15.9 Å². The van der Waals surface area contributed by atoms with Crippen LogP contribution in [0.1, 0.15) is 31.3 Å². The number of aromatic nitrogens is 3. The molecule has 2 aromatic heterocycles. The molecule has 32 heavy (non-hydrogen) atoms. The molecule has 0 aliphatic carbocycles. The fourth-order valence-electron chi connectivity index (χ4n) is 3.18. The van der Waals surface area contributed by atoms with Crippen molar-refractivity contribution in [3.63, 3.8) is 0 Å². The number of amides is 1. The SMILES string of the molecule is CC(C)(C)OC(=O)n1nc(C(=O)Nc2ccncc2)c2cc(-c3ccc(Br)cc3)ccc21. The number of nitrogens with zero attached hydrogens (tertiary/aromatic N) is 3. The molecule has 4 rings (SSSR count). The Labute approximate surface area is 193 Å². The van der Waals surface area contributed by atoms with Crippen molar-refractivity contribution in [3.05, 3.63) is 77.2 Å². The Balaban J connectivity index is 1.82. The molecule has 0 spiro atoms. The van der Waals surface area contributed by atoms with Gasteiger partial charge in [-0.1, -0.05) is 34.1 Å². The molecule has 1 amide bonds. The Kier molecular flexibility index (Phi) is 5.80. The van der Waals surface area contributed by atoms with Gasteiger partial charge >= 0.3 is 6.09 Å². The molecule has 0 aliphatic heterocycles. The summed E-state index contributed by atoms with van der Waals surface area (Å²) in [5.41, 5.74) is 2.36. The number of carbonyl (C=O) groups is 2. The Morgan fingerprint density at radius 1 is 0.969 bits per heavy atom. The predicted molar refractivity (Wildman–Crippen MR) is 127 cm³/mol. The molecule has 0 radical (unpaired) electrons. The fraction of sp³-hybridized carbons (Fsp3) is 0.167. The number of benzene rings is 2. The summed E-state index contributed by atoms with van der Waals surface area (Å²) in [6, 6.07) is 16.7. The maximum atomic E-state index is 13.1. The van der Waals surface area contributed by atoms with E-state index in [4.69, 9.17) is 4.74 Å². The average molecular weight is 493 g/mol. The lowest BCUT2D eigenvalue weighted by Crippen LogP contribution is -2.28. The van der Waals surface area contributed by atoms with Gasteiger partial charge in [-0.25, -0.2) is 4.79 Å². The lowest BCUT2D eigenvalue weighted by molar-refractivity contribution is 0.0522. The number of hydrogen-bond acceptors (Lipinski definition) is 5. The highest BCUT2D eigenvalue weighted by Gasteiger charge is 2.25. The van der Waals surface area contributed by atoms with Crippen molar-refractivity contribution >= 4 is 44.5 Å². The van der Waals surface area contributed by atoms with Gasteiger partial charge in [0, 0.05) is 27.9 Å². The molecule has 8 heteroatoms. The topological polar surface area (TPSA) is 86.1 Å². The van der Waals surface area contributed by atoms with Crippen LogP contribution in [-0.4, -0.2) is 32.4 Å². The van der Waals surface area contributed by atoms with Gasteiger partial charge in [0.1, 0.15) is 5.60 Å². The second kappa shape index (κ2) is 8.55. The Hall–Kier alpha value is -3.52. The number of ether oxygens (including phenoxy) is 1. The van der Waals surface area contributed by atoms with Crippen molar-refractivity contribution in [2.24, 2.45) is 0 Å². The van der Waals surface area contributed by atoms with E-state index in [0.717, 1.165) is 20.3 Å². The third-order valence-electron chi connectivity index (χ3n) is 4.58. The molecule has 7 nitrogen and oxygen atoms in total. The van der Waals surface area contributed by atoms with Crippen LogP contribution in [0.5, 0.6) is 0 Å². The highest BCUT2D eigenvalue weighted by atomic mass is 79.9. The van der Waals surface area contributed by atoms with Crippen LogP contribution < -0.4 is 5.32 Å². The van der Waals surface area contributed by atoms with Crippen molar-refractivity contribution in [1.29, 1.82) is 0 Å². The van der Waals surface area contributed by atoms with Gasteiger partial charge in [-0.2, -0.15) is 9.78 Å². The van der Waals surface area contributed by atoms with Crippen molar-refractivity contribution in [2.75, 3.05) is 5.32 Å². The molecule has 0 atom stereocenters. The molecule has 0 saturated carbocycles. The second-order valence-electron chi connectivity index (χ2n) is 8.17. The Morgan fingerprint density at radius 2 is 1.62 bits per heavy atom. The van der Waals surface area contributed by atoms with Crippen LogP contribution in [0, 0.1) is 0 Å². The number of carbonyl (C=O) groups excluding carboxylic acids is 2. The first kappa shape index (κ1) is 21.7. The van der Waals surface area contributed by atoms with Crippen molar-refractivity contribution in [3.8, 4) is 11.1 Å². The molecule has 1 N–H and O–H groups in total. The fourth-order valence-corrected chi connectivity index (χ4v) is 3.44. The minimum Gasteiger partial charge on any atom is -0.442 e. The second-order valence-corrected chi connectivity index (χ2v) is 9.09. The first-order valence-corrected chi connectivity index (χ1v) is 10.7. The zero-order valence-corrected chi connectivity index (χ0v) is 19.4. The minimum atomic E-state index is -0.702. The van der Waals surface area contributed by atoms with Gasteiger partial charge in [-0.15, -0.1) is 0 Å². The van der Waals surface area contributed by atoms with Gasteiger partial charge in [-0.05, 0) is 68.3 Å². The molecule has 0 aliphatic rings. The molecule has 0 unspecified atom stereocenters. The number of nitrogens with one attached hydrogen (secondary N) is 1. The van der Waals surface area contributed by atoms with Crippen LogP contribution in [0.25, 0.3) is 22.0 Å². The van der Waals surface area contributed by atoms with Gasteiger partial charge in [-0.3, -0.25) is 9.78 Å². The molecule has 0 bridgehead atoms. The smallest absolute Gasteiger partial charge is 0.435 e. The van der Waals surface area contributed by atoms with Crippen LogP contribution in [-0.2, 0) is 4.74 Å². The van der Waals surface area contributed by atoms with Crippen LogP contribution in [0.4, 0.5) is 10.5 Å². The number of fused-ring (bicyclic) bond motifs is 1. The van der Waals surface area contributed by atoms with Gasteiger partial charge in [0.25, 0.3) is 5.91 Å².